The first-order valence-corrected chi connectivity index (χ1v) is 7.88. The molecular formula is C15H19NO2S. The highest BCUT2D eigenvalue weighted by Gasteiger charge is 2.33. The van der Waals surface area contributed by atoms with Crippen LogP contribution in [0.1, 0.15) is 37.4 Å². The molecule has 2 aliphatic rings. The second-order valence-electron chi connectivity index (χ2n) is 5.48. The Kier molecular flexibility index (Phi) is 3.54. The van der Waals surface area contributed by atoms with E-state index in [0.29, 0.717) is 0 Å². The van der Waals surface area contributed by atoms with E-state index in [1.807, 2.05) is 30.0 Å². The van der Waals surface area contributed by atoms with Crippen molar-refractivity contribution in [1.29, 1.82) is 0 Å². The molecule has 1 aliphatic carbocycles. The molecule has 4 heteroatoms. The fourth-order valence-corrected chi connectivity index (χ4v) is 4.08. The smallest absolute Gasteiger partial charge is 0.260 e. The second kappa shape index (κ2) is 5.17. The minimum absolute atomic E-state index is 0.229. The summed E-state index contributed by atoms with van der Waals surface area (Å²) in [6, 6.07) is 5.94. The molecule has 1 amide bonds. The zero-order chi connectivity index (χ0) is 13.4. The zero-order valence-electron chi connectivity index (χ0n) is 11.1. The van der Waals surface area contributed by atoms with Gasteiger partial charge in [-0.15, -0.1) is 11.8 Å². The molecule has 0 spiro atoms. The van der Waals surface area contributed by atoms with Crippen LogP contribution in [0.4, 0.5) is 5.69 Å². The summed E-state index contributed by atoms with van der Waals surface area (Å²) >= 11 is 1.87. The first-order valence-electron chi connectivity index (χ1n) is 6.89. The maximum Gasteiger partial charge on any atom is 0.260 e. The molecule has 1 saturated carbocycles. The first kappa shape index (κ1) is 13.0. The number of likely N-dealkylation sites (N-methyl/N-ethyl adjacent to an activating group) is 1. The van der Waals surface area contributed by atoms with Gasteiger partial charge in [-0.2, -0.15) is 0 Å². The van der Waals surface area contributed by atoms with Crippen LogP contribution in [0.5, 0.6) is 0 Å². The van der Waals surface area contributed by atoms with Crippen LogP contribution in [-0.2, 0) is 4.79 Å². The molecule has 3 rings (SSSR count). The van der Waals surface area contributed by atoms with Crippen molar-refractivity contribution in [3.05, 3.63) is 23.8 Å². The lowest BCUT2D eigenvalue weighted by Crippen LogP contribution is -2.23. The van der Waals surface area contributed by atoms with E-state index in [0.717, 1.165) is 17.2 Å². The van der Waals surface area contributed by atoms with Gasteiger partial charge in [0.15, 0.2) is 6.10 Å². The average molecular weight is 277 g/mol. The van der Waals surface area contributed by atoms with Crippen LogP contribution in [0.25, 0.3) is 0 Å². The van der Waals surface area contributed by atoms with Crippen LogP contribution < -0.4 is 4.90 Å². The third-order valence-electron chi connectivity index (χ3n) is 4.18. The molecule has 102 valence electrons. The molecule has 1 N–H and O–H groups in total. The quantitative estimate of drug-likeness (QED) is 0.864. The average Bonchev–Trinajstić information content (AvgIpc) is 3.01. The zero-order valence-corrected chi connectivity index (χ0v) is 11.9. The number of fused-ring (bicyclic) bond motifs is 1. The predicted octanol–water partition coefficient (Wildman–Crippen LogP) is 2.98. The molecule has 0 bridgehead atoms. The lowest BCUT2D eigenvalue weighted by Gasteiger charge is -2.12. The Morgan fingerprint density at radius 1 is 1.37 bits per heavy atom. The van der Waals surface area contributed by atoms with Crippen LogP contribution in [-0.4, -0.2) is 23.8 Å². The third kappa shape index (κ3) is 2.39. The van der Waals surface area contributed by atoms with E-state index in [-0.39, 0.29) is 5.91 Å². The van der Waals surface area contributed by atoms with Crippen molar-refractivity contribution in [3.63, 3.8) is 0 Å². The molecular weight excluding hydrogens is 258 g/mol. The number of aliphatic hydroxyl groups is 1. The maximum absolute atomic E-state index is 11.7. The van der Waals surface area contributed by atoms with Crippen molar-refractivity contribution in [2.75, 3.05) is 17.7 Å². The molecule has 19 heavy (non-hydrogen) atoms. The monoisotopic (exact) mass is 277 g/mol. The number of aliphatic hydroxyl groups excluding tert-OH is 1. The number of anilines is 1. The van der Waals surface area contributed by atoms with Crippen LogP contribution in [0.3, 0.4) is 0 Å². The van der Waals surface area contributed by atoms with E-state index in [9.17, 15) is 9.90 Å². The Labute approximate surface area is 118 Å². The minimum atomic E-state index is -0.978. The summed E-state index contributed by atoms with van der Waals surface area (Å²) in [5.41, 5.74) is 1.59. The third-order valence-corrected chi connectivity index (χ3v) is 5.41. The topological polar surface area (TPSA) is 40.5 Å². The summed E-state index contributed by atoms with van der Waals surface area (Å²) in [6.45, 7) is 0. The number of benzene rings is 1. The minimum Gasteiger partial charge on any atom is -0.378 e. The number of carbonyl (C=O) groups excluding carboxylic acids is 1. The number of nitrogens with zero attached hydrogens (tertiary/aromatic N) is 1. The summed E-state index contributed by atoms with van der Waals surface area (Å²) < 4.78 is 0. The lowest BCUT2D eigenvalue weighted by molar-refractivity contribution is -0.125. The van der Waals surface area contributed by atoms with Crippen LogP contribution in [0.15, 0.2) is 23.1 Å². The Balaban J connectivity index is 1.73. The van der Waals surface area contributed by atoms with Crippen molar-refractivity contribution in [1.82, 2.24) is 0 Å². The van der Waals surface area contributed by atoms with Crippen LogP contribution in [0.2, 0.25) is 0 Å². The largest absolute Gasteiger partial charge is 0.378 e. The molecule has 0 aromatic heterocycles. The predicted molar refractivity (Wildman–Crippen MR) is 77.5 cm³/mol. The van der Waals surface area contributed by atoms with Gasteiger partial charge in [-0.3, -0.25) is 4.79 Å². The van der Waals surface area contributed by atoms with Crippen molar-refractivity contribution < 1.29 is 9.90 Å². The Hall–Kier alpha value is -1.00. The van der Waals surface area contributed by atoms with Gasteiger partial charge in [0.25, 0.3) is 5.91 Å². The Bertz CT molecular complexity index is 497. The van der Waals surface area contributed by atoms with E-state index in [2.05, 4.69) is 0 Å². The van der Waals surface area contributed by atoms with E-state index < -0.39 is 6.10 Å². The summed E-state index contributed by atoms with van der Waals surface area (Å²) in [4.78, 5) is 14.5. The molecule has 0 saturated heterocycles. The van der Waals surface area contributed by atoms with Crippen molar-refractivity contribution in [2.24, 2.45) is 5.92 Å². The SMILES string of the molecule is CN1C(=O)C(O)c2ccc(SCC3CCCC3)cc21. The molecule has 1 aliphatic heterocycles. The summed E-state index contributed by atoms with van der Waals surface area (Å²) in [6.07, 6.45) is 4.48. The Morgan fingerprint density at radius 2 is 2.11 bits per heavy atom. The van der Waals surface area contributed by atoms with E-state index in [1.54, 1.807) is 11.9 Å². The number of thioether (sulfide) groups is 1. The van der Waals surface area contributed by atoms with Crippen molar-refractivity contribution in [3.8, 4) is 0 Å². The molecule has 3 nitrogen and oxygen atoms in total. The molecule has 1 aromatic carbocycles. The number of carbonyl (C=O) groups is 1. The van der Waals surface area contributed by atoms with E-state index in [4.69, 9.17) is 0 Å². The lowest BCUT2D eigenvalue weighted by atomic mass is 10.1. The van der Waals surface area contributed by atoms with Gasteiger partial charge in [-0.1, -0.05) is 18.9 Å². The van der Waals surface area contributed by atoms with E-state index in [1.165, 1.54) is 36.3 Å². The number of hydrogen-bond donors (Lipinski definition) is 1. The van der Waals surface area contributed by atoms with Gasteiger partial charge in [-0.05, 0) is 30.9 Å². The molecule has 0 radical (unpaired) electrons. The molecule has 1 fully saturated rings. The highest BCUT2D eigenvalue weighted by molar-refractivity contribution is 7.99. The van der Waals surface area contributed by atoms with Gasteiger partial charge in [-0.25, -0.2) is 0 Å². The van der Waals surface area contributed by atoms with Gasteiger partial charge >= 0.3 is 0 Å². The normalized spacial score (nSPS) is 23.2. The van der Waals surface area contributed by atoms with Gasteiger partial charge < -0.3 is 10.0 Å². The second-order valence-corrected chi connectivity index (χ2v) is 6.58. The first-order chi connectivity index (χ1) is 9.16. The number of rotatable bonds is 3. The fourth-order valence-electron chi connectivity index (χ4n) is 2.96. The van der Waals surface area contributed by atoms with Gasteiger partial charge in [0, 0.05) is 23.3 Å². The summed E-state index contributed by atoms with van der Waals surface area (Å²) in [5.74, 6) is 1.79. The van der Waals surface area contributed by atoms with Crippen LogP contribution >= 0.6 is 11.8 Å². The summed E-state index contributed by atoms with van der Waals surface area (Å²) in [7, 11) is 1.73. The van der Waals surface area contributed by atoms with Crippen molar-refractivity contribution in [2.45, 2.75) is 36.7 Å². The Morgan fingerprint density at radius 3 is 2.84 bits per heavy atom. The molecule has 1 aromatic rings. The van der Waals surface area contributed by atoms with E-state index >= 15 is 0 Å². The fraction of sp³-hybridized carbons (Fsp3) is 0.533. The number of hydrogen-bond acceptors (Lipinski definition) is 3. The highest BCUT2D eigenvalue weighted by atomic mass is 32.2. The van der Waals surface area contributed by atoms with Crippen LogP contribution in [0, 0.1) is 5.92 Å². The number of amides is 1. The molecule has 1 unspecified atom stereocenters. The molecule has 1 atom stereocenters. The highest BCUT2D eigenvalue weighted by Crippen LogP contribution is 2.38. The van der Waals surface area contributed by atoms with Gasteiger partial charge in [0.1, 0.15) is 0 Å². The summed E-state index contributed by atoms with van der Waals surface area (Å²) in [5, 5.41) is 9.82. The standard InChI is InChI=1S/C15H19NO2S/c1-16-13-8-11(19-9-10-4-2-3-5-10)6-7-12(13)14(17)15(16)18/h6-8,10,14,17H,2-5,9H2,1H3. The van der Waals surface area contributed by atoms with Gasteiger partial charge in [0.05, 0.1) is 5.69 Å². The van der Waals surface area contributed by atoms with Crippen molar-refractivity contribution >= 4 is 23.4 Å². The maximum atomic E-state index is 11.7. The van der Waals surface area contributed by atoms with Gasteiger partial charge in [0.2, 0.25) is 0 Å². The molecule has 1 heterocycles.